The summed E-state index contributed by atoms with van der Waals surface area (Å²) in [6.45, 7) is 0. The first-order chi connectivity index (χ1) is 7.54. The van der Waals surface area contributed by atoms with Gasteiger partial charge in [-0.15, -0.1) is 0 Å². The lowest BCUT2D eigenvalue weighted by molar-refractivity contribution is 0.0640. The number of ether oxygens (including phenoxy) is 1. The average molecular weight is 365 g/mol. The number of nitriles is 1. The molecule has 0 aliphatic carbocycles. The van der Waals surface area contributed by atoms with Crippen LogP contribution in [0.3, 0.4) is 0 Å². The lowest BCUT2D eigenvalue weighted by Crippen LogP contribution is -2.04. The minimum atomic E-state index is -0.621. The molecule has 1 aromatic carbocycles. The standard InChI is InChI=1S/C10H4Br2ClNO2/c11-9(12)8(5-14)16-10(15)6-1-3-7(13)4-2-6/h1-4H. The molecule has 82 valence electrons. The smallest absolute Gasteiger partial charge is 0.344 e. The third-order valence-electron chi connectivity index (χ3n) is 1.55. The zero-order valence-electron chi connectivity index (χ0n) is 7.71. The van der Waals surface area contributed by atoms with E-state index in [4.69, 9.17) is 21.6 Å². The van der Waals surface area contributed by atoms with Crippen molar-refractivity contribution in [3.63, 3.8) is 0 Å². The van der Waals surface area contributed by atoms with Crippen LogP contribution in [0, 0.1) is 11.3 Å². The summed E-state index contributed by atoms with van der Waals surface area (Å²) in [6, 6.07) is 7.89. The second kappa shape index (κ2) is 6.04. The summed E-state index contributed by atoms with van der Waals surface area (Å²) in [7, 11) is 0. The maximum absolute atomic E-state index is 11.5. The third kappa shape index (κ3) is 3.63. The molecular formula is C10H4Br2ClNO2. The number of esters is 1. The molecule has 0 aliphatic heterocycles. The second-order valence-electron chi connectivity index (χ2n) is 2.60. The Morgan fingerprint density at radius 2 is 1.88 bits per heavy atom. The number of halogens is 3. The van der Waals surface area contributed by atoms with Gasteiger partial charge in [0.2, 0.25) is 5.76 Å². The summed E-state index contributed by atoms with van der Waals surface area (Å²) in [5, 5.41) is 9.19. The van der Waals surface area contributed by atoms with Gasteiger partial charge in [0.1, 0.15) is 9.46 Å². The van der Waals surface area contributed by atoms with E-state index in [1.54, 1.807) is 18.2 Å². The lowest BCUT2D eigenvalue weighted by atomic mass is 10.2. The number of carbonyl (C=O) groups excluding carboxylic acids is 1. The fraction of sp³-hybridized carbons (Fsp3) is 0. The number of rotatable bonds is 2. The fourth-order valence-corrected chi connectivity index (χ4v) is 1.31. The minimum Gasteiger partial charge on any atom is -0.410 e. The van der Waals surface area contributed by atoms with Crippen LogP contribution in [-0.2, 0) is 4.74 Å². The van der Waals surface area contributed by atoms with Crippen molar-refractivity contribution >= 4 is 49.4 Å². The van der Waals surface area contributed by atoms with E-state index in [1.807, 2.05) is 0 Å². The van der Waals surface area contributed by atoms with E-state index in [0.717, 1.165) is 0 Å². The number of hydrogen-bond acceptors (Lipinski definition) is 3. The zero-order chi connectivity index (χ0) is 12.1. The predicted octanol–water partition coefficient (Wildman–Crippen LogP) is 3.98. The van der Waals surface area contributed by atoms with Crippen LogP contribution < -0.4 is 0 Å². The molecule has 3 nitrogen and oxygen atoms in total. The van der Waals surface area contributed by atoms with Gasteiger partial charge >= 0.3 is 5.97 Å². The van der Waals surface area contributed by atoms with Gasteiger partial charge in [-0.2, -0.15) is 5.26 Å². The number of benzene rings is 1. The molecule has 0 amide bonds. The Hall–Kier alpha value is -0.830. The van der Waals surface area contributed by atoms with E-state index >= 15 is 0 Å². The van der Waals surface area contributed by atoms with Crippen LogP contribution in [0.25, 0.3) is 0 Å². The van der Waals surface area contributed by atoms with Gasteiger partial charge in [0.25, 0.3) is 0 Å². The SMILES string of the molecule is N#CC(OC(=O)c1ccc(Cl)cc1)=C(Br)Br. The van der Waals surface area contributed by atoms with Crippen LogP contribution in [0.15, 0.2) is 33.4 Å². The maximum atomic E-state index is 11.5. The van der Waals surface area contributed by atoms with Crippen LogP contribution in [0.5, 0.6) is 0 Å². The maximum Gasteiger partial charge on any atom is 0.344 e. The van der Waals surface area contributed by atoms with Crippen LogP contribution in [0.1, 0.15) is 10.4 Å². The molecular weight excluding hydrogens is 361 g/mol. The van der Waals surface area contributed by atoms with Gasteiger partial charge in [-0.05, 0) is 56.1 Å². The molecule has 6 heteroatoms. The molecule has 0 saturated heterocycles. The topological polar surface area (TPSA) is 50.1 Å². The highest BCUT2D eigenvalue weighted by Gasteiger charge is 2.11. The van der Waals surface area contributed by atoms with Crippen LogP contribution in [0.2, 0.25) is 5.02 Å². The predicted molar refractivity (Wildman–Crippen MR) is 67.4 cm³/mol. The summed E-state index contributed by atoms with van der Waals surface area (Å²) >= 11 is 11.6. The molecule has 16 heavy (non-hydrogen) atoms. The molecule has 0 atom stereocenters. The number of allylic oxidation sites excluding steroid dienone is 1. The number of nitrogens with zero attached hydrogens (tertiary/aromatic N) is 1. The van der Waals surface area contributed by atoms with Gasteiger partial charge < -0.3 is 4.74 Å². The van der Waals surface area contributed by atoms with Gasteiger partial charge in [-0.3, -0.25) is 0 Å². The summed E-state index contributed by atoms with van der Waals surface area (Å²) in [4.78, 5) is 11.5. The molecule has 0 bridgehead atoms. The van der Waals surface area contributed by atoms with Crippen LogP contribution >= 0.6 is 43.5 Å². The molecule has 0 heterocycles. The Kier molecular flexibility index (Phi) is 5.00. The summed E-state index contributed by atoms with van der Waals surface area (Å²) in [6.07, 6.45) is 0. The van der Waals surface area contributed by atoms with Gasteiger partial charge in [0.05, 0.1) is 5.56 Å². The molecule has 0 spiro atoms. The molecule has 0 unspecified atom stereocenters. The molecule has 0 N–H and O–H groups in total. The Morgan fingerprint density at radius 3 is 2.31 bits per heavy atom. The molecule has 0 aromatic heterocycles. The lowest BCUT2D eigenvalue weighted by Gasteiger charge is -2.02. The molecule has 0 radical (unpaired) electrons. The average Bonchev–Trinajstić information content (AvgIpc) is 2.26. The zero-order valence-corrected chi connectivity index (χ0v) is 11.6. The first kappa shape index (κ1) is 13.2. The third-order valence-corrected chi connectivity index (χ3v) is 2.52. The van der Waals surface area contributed by atoms with E-state index in [-0.39, 0.29) is 9.15 Å². The number of carbonyl (C=O) groups is 1. The normalized spacial score (nSPS) is 9.12. The van der Waals surface area contributed by atoms with Crippen LogP contribution in [0.4, 0.5) is 0 Å². The largest absolute Gasteiger partial charge is 0.410 e. The van der Waals surface area contributed by atoms with Crippen molar-refractivity contribution in [1.82, 2.24) is 0 Å². The Balaban J connectivity index is 2.85. The van der Waals surface area contributed by atoms with Crippen molar-refractivity contribution in [2.75, 3.05) is 0 Å². The second-order valence-corrected chi connectivity index (χ2v) is 5.68. The monoisotopic (exact) mass is 363 g/mol. The first-order valence-electron chi connectivity index (χ1n) is 3.97. The van der Waals surface area contributed by atoms with E-state index in [0.29, 0.717) is 10.6 Å². The van der Waals surface area contributed by atoms with Gasteiger partial charge in [-0.1, -0.05) is 11.6 Å². The van der Waals surface area contributed by atoms with E-state index in [1.165, 1.54) is 12.1 Å². The highest BCUT2D eigenvalue weighted by atomic mass is 79.9. The van der Waals surface area contributed by atoms with Crippen molar-refractivity contribution in [3.05, 3.63) is 44.0 Å². The molecule has 1 aromatic rings. The van der Waals surface area contributed by atoms with E-state index < -0.39 is 5.97 Å². The van der Waals surface area contributed by atoms with Crippen molar-refractivity contribution < 1.29 is 9.53 Å². The van der Waals surface area contributed by atoms with Crippen molar-refractivity contribution in [1.29, 1.82) is 5.26 Å². The highest BCUT2D eigenvalue weighted by molar-refractivity contribution is 9.28. The van der Waals surface area contributed by atoms with Crippen molar-refractivity contribution in [2.24, 2.45) is 0 Å². The summed E-state index contributed by atoms with van der Waals surface area (Å²) in [5.41, 5.74) is 0.318. The Labute approximate surface area is 114 Å². The molecule has 0 saturated carbocycles. The fourth-order valence-electron chi connectivity index (χ4n) is 0.841. The van der Waals surface area contributed by atoms with Crippen molar-refractivity contribution in [2.45, 2.75) is 0 Å². The Morgan fingerprint density at radius 1 is 1.31 bits per heavy atom. The number of hydrogen-bond donors (Lipinski definition) is 0. The summed E-state index contributed by atoms with van der Waals surface area (Å²) < 4.78 is 5.11. The molecule has 0 aliphatic rings. The Bertz CT molecular complexity index is 473. The highest BCUT2D eigenvalue weighted by Crippen LogP contribution is 2.21. The van der Waals surface area contributed by atoms with Crippen LogP contribution in [-0.4, -0.2) is 5.97 Å². The molecule has 0 fully saturated rings. The van der Waals surface area contributed by atoms with Gasteiger partial charge in [0, 0.05) is 5.02 Å². The van der Waals surface area contributed by atoms with E-state index in [2.05, 4.69) is 31.9 Å². The van der Waals surface area contributed by atoms with Gasteiger partial charge in [0.15, 0.2) is 0 Å². The minimum absolute atomic E-state index is 0.139. The van der Waals surface area contributed by atoms with E-state index in [9.17, 15) is 4.79 Å². The van der Waals surface area contributed by atoms with Crippen molar-refractivity contribution in [3.8, 4) is 6.07 Å². The molecule has 1 rings (SSSR count). The first-order valence-corrected chi connectivity index (χ1v) is 5.94. The summed E-state index contributed by atoms with van der Waals surface area (Å²) in [5.74, 6) is -0.760. The quantitative estimate of drug-likeness (QED) is 0.453. The van der Waals surface area contributed by atoms with Gasteiger partial charge in [-0.25, -0.2) is 4.79 Å².